The fraction of sp³-hybridized carbons (Fsp3) is 0.400. The summed E-state index contributed by atoms with van der Waals surface area (Å²) in [6.45, 7) is 1.42. The lowest BCUT2D eigenvalue weighted by molar-refractivity contribution is 0.655. The Bertz CT molecular complexity index is 451. The predicted octanol–water partition coefficient (Wildman–Crippen LogP) is 1.93. The molecule has 0 fully saturated rings. The number of nitrogens with two attached hydrogens (primary N) is 1. The molecule has 0 spiro atoms. The van der Waals surface area contributed by atoms with E-state index in [0.717, 1.165) is 29.4 Å². The first-order chi connectivity index (χ1) is 7.78. The third-order valence-corrected chi connectivity index (χ3v) is 3.39. The van der Waals surface area contributed by atoms with Crippen molar-refractivity contribution < 1.29 is 0 Å². The van der Waals surface area contributed by atoms with E-state index in [9.17, 15) is 0 Å². The summed E-state index contributed by atoms with van der Waals surface area (Å²) in [7, 11) is 0. The lowest BCUT2D eigenvalue weighted by Gasteiger charge is -1.95. The molecule has 2 aromatic rings. The number of aryl methyl sites for hydroxylation is 1. The molecule has 0 aliphatic rings. The van der Waals surface area contributed by atoms with Crippen molar-refractivity contribution in [2.24, 2.45) is 5.73 Å². The second-order valence-electron chi connectivity index (χ2n) is 3.51. The summed E-state index contributed by atoms with van der Waals surface area (Å²) in [6.07, 6.45) is 3.80. The summed E-state index contributed by atoms with van der Waals surface area (Å²) < 4.78 is 2.63. The van der Waals surface area contributed by atoms with Gasteiger partial charge in [0.15, 0.2) is 0 Å². The van der Waals surface area contributed by atoms with Crippen LogP contribution < -0.4 is 5.73 Å². The normalized spacial score (nSPS) is 10.9. The topological polar surface area (TPSA) is 56.7 Å². The summed E-state index contributed by atoms with van der Waals surface area (Å²) >= 11 is 7.43. The molecule has 16 heavy (non-hydrogen) atoms. The van der Waals surface area contributed by atoms with Crippen LogP contribution in [0.4, 0.5) is 0 Å². The number of hydrogen-bond acceptors (Lipinski definition) is 4. The first-order valence-electron chi connectivity index (χ1n) is 5.11. The maximum absolute atomic E-state index is 5.86. The van der Waals surface area contributed by atoms with Crippen LogP contribution >= 0.6 is 22.9 Å². The van der Waals surface area contributed by atoms with Crippen LogP contribution in [0.2, 0.25) is 4.34 Å². The molecule has 0 unspecified atom stereocenters. The van der Waals surface area contributed by atoms with Crippen LogP contribution in [0.15, 0.2) is 18.3 Å². The molecule has 0 aliphatic carbocycles. The molecule has 86 valence electrons. The van der Waals surface area contributed by atoms with E-state index in [2.05, 4.69) is 10.3 Å². The molecule has 4 nitrogen and oxygen atoms in total. The maximum atomic E-state index is 5.86. The van der Waals surface area contributed by atoms with Gasteiger partial charge in [0.05, 0.1) is 16.6 Å². The molecule has 2 heterocycles. The SMILES string of the molecule is NCCCc1cn(Cc2ccc(Cl)s2)nn1. The van der Waals surface area contributed by atoms with Gasteiger partial charge in [0, 0.05) is 11.1 Å². The van der Waals surface area contributed by atoms with Crippen LogP contribution in [-0.4, -0.2) is 21.5 Å². The number of aromatic nitrogens is 3. The Morgan fingerprint density at radius 1 is 1.44 bits per heavy atom. The van der Waals surface area contributed by atoms with E-state index >= 15 is 0 Å². The lowest BCUT2D eigenvalue weighted by atomic mass is 10.2. The molecular weight excluding hydrogens is 244 g/mol. The van der Waals surface area contributed by atoms with Crippen molar-refractivity contribution in [3.05, 3.63) is 33.2 Å². The quantitative estimate of drug-likeness (QED) is 0.889. The number of nitrogens with zero attached hydrogens (tertiary/aromatic N) is 3. The van der Waals surface area contributed by atoms with Gasteiger partial charge in [-0.15, -0.1) is 16.4 Å². The summed E-state index contributed by atoms with van der Waals surface area (Å²) in [5, 5.41) is 8.15. The van der Waals surface area contributed by atoms with Crippen molar-refractivity contribution >= 4 is 22.9 Å². The molecule has 2 aromatic heterocycles. The van der Waals surface area contributed by atoms with Gasteiger partial charge in [-0.3, -0.25) is 0 Å². The minimum absolute atomic E-state index is 0.688. The van der Waals surface area contributed by atoms with Crippen LogP contribution in [0, 0.1) is 0 Å². The first kappa shape index (κ1) is 11.6. The van der Waals surface area contributed by atoms with Crippen molar-refractivity contribution in [2.75, 3.05) is 6.54 Å². The van der Waals surface area contributed by atoms with Gasteiger partial charge in [-0.1, -0.05) is 16.8 Å². The van der Waals surface area contributed by atoms with Crippen molar-refractivity contribution in [1.82, 2.24) is 15.0 Å². The lowest BCUT2D eigenvalue weighted by Crippen LogP contribution is -2.00. The minimum Gasteiger partial charge on any atom is -0.330 e. The zero-order valence-electron chi connectivity index (χ0n) is 8.77. The zero-order chi connectivity index (χ0) is 11.4. The molecule has 2 N–H and O–H groups in total. The Morgan fingerprint density at radius 2 is 2.31 bits per heavy atom. The summed E-state index contributed by atoms with van der Waals surface area (Å²) in [6, 6.07) is 3.90. The zero-order valence-corrected chi connectivity index (χ0v) is 10.3. The van der Waals surface area contributed by atoms with E-state index in [1.54, 1.807) is 11.3 Å². The van der Waals surface area contributed by atoms with E-state index in [1.807, 2.05) is 23.0 Å². The maximum Gasteiger partial charge on any atom is 0.0931 e. The molecule has 6 heteroatoms. The molecule has 0 aliphatic heterocycles. The smallest absolute Gasteiger partial charge is 0.0931 e. The molecular formula is C10H13ClN4S. The van der Waals surface area contributed by atoms with Crippen LogP contribution in [0.3, 0.4) is 0 Å². The predicted molar refractivity (Wildman–Crippen MR) is 65.8 cm³/mol. The number of thiophene rings is 1. The minimum atomic E-state index is 0.688. The van der Waals surface area contributed by atoms with Gasteiger partial charge in [-0.25, -0.2) is 4.68 Å². The molecule has 0 atom stereocenters. The first-order valence-corrected chi connectivity index (χ1v) is 6.30. The molecule has 0 bridgehead atoms. The van der Waals surface area contributed by atoms with Crippen molar-refractivity contribution in [3.63, 3.8) is 0 Å². The monoisotopic (exact) mass is 256 g/mol. The Labute approximate surface area is 103 Å². The second kappa shape index (κ2) is 5.43. The Balaban J connectivity index is 1.97. The van der Waals surface area contributed by atoms with E-state index in [0.29, 0.717) is 6.54 Å². The van der Waals surface area contributed by atoms with Crippen LogP contribution in [0.25, 0.3) is 0 Å². The average molecular weight is 257 g/mol. The van der Waals surface area contributed by atoms with Crippen molar-refractivity contribution in [1.29, 1.82) is 0 Å². The number of hydrogen-bond donors (Lipinski definition) is 1. The summed E-state index contributed by atoms with van der Waals surface area (Å²) in [4.78, 5) is 1.18. The van der Waals surface area contributed by atoms with Gasteiger partial charge in [0.1, 0.15) is 0 Å². The highest BCUT2D eigenvalue weighted by molar-refractivity contribution is 7.16. The molecule has 0 saturated carbocycles. The third kappa shape index (κ3) is 3.04. The van der Waals surface area contributed by atoms with Gasteiger partial charge in [0.25, 0.3) is 0 Å². The highest BCUT2D eigenvalue weighted by Crippen LogP contribution is 2.21. The fourth-order valence-electron chi connectivity index (χ4n) is 1.41. The summed E-state index contributed by atoms with van der Waals surface area (Å²) in [5.74, 6) is 0. The van der Waals surface area contributed by atoms with Gasteiger partial charge >= 0.3 is 0 Å². The van der Waals surface area contributed by atoms with Gasteiger partial charge in [0.2, 0.25) is 0 Å². The largest absolute Gasteiger partial charge is 0.330 e. The van der Waals surface area contributed by atoms with Crippen LogP contribution in [-0.2, 0) is 13.0 Å². The van der Waals surface area contributed by atoms with Crippen molar-refractivity contribution in [3.8, 4) is 0 Å². The summed E-state index contributed by atoms with van der Waals surface area (Å²) in [5.41, 5.74) is 6.44. The van der Waals surface area contributed by atoms with E-state index in [4.69, 9.17) is 17.3 Å². The fourth-order valence-corrected chi connectivity index (χ4v) is 2.49. The molecule has 0 amide bonds. The second-order valence-corrected chi connectivity index (χ2v) is 5.31. The average Bonchev–Trinajstić information content (AvgIpc) is 2.86. The Morgan fingerprint density at radius 3 is 3.00 bits per heavy atom. The van der Waals surface area contributed by atoms with E-state index in [1.165, 1.54) is 4.88 Å². The highest BCUT2D eigenvalue weighted by atomic mass is 35.5. The van der Waals surface area contributed by atoms with Crippen LogP contribution in [0.1, 0.15) is 17.0 Å². The number of halogens is 1. The standard InChI is InChI=1S/C10H13ClN4S/c11-10-4-3-9(16-10)7-15-6-8(13-14-15)2-1-5-12/h3-4,6H,1-2,5,7,12H2. The Kier molecular flexibility index (Phi) is 3.93. The highest BCUT2D eigenvalue weighted by Gasteiger charge is 2.03. The number of rotatable bonds is 5. The van der Waals surface area contributed by atoms with Crippen LogP contribution in [0.5, 0.6) is 0 Å². The van der Waals surface area contributed by atoms with Crippen molar-refractivity contribution in [2.45, 2.75) is 19.4 Å². The van der Waals surface area contributed by atoms with E-state index in [-0.39, 0.29) is 0 Å². The third-order valence-electron chi connectivity index (χ3n) is 2.17. The Hall–Kier alpha value is -0.910. The van der Waals surface area contributed by atoms with E-state index < -0.39 is 0 Å². The molecule has 0 radical (unpaired) electrons. The molecule has 0 aromatic carbocycles. The van der Waals surface area contributed by atoms with Gasteiger partial charge < -0.3 is 5.73 Å². The molecule has 2 rings (SSSR count). The van der Waals surface area contributed by atoms with Gasteiger partial charge in [-0.05, 0) is 31.5 Å². The van der Waals surface area contributed by atoms with Gasteiger partial charge in [-0.2, -0.15) is 0 Å². The molecule has 0 saturated heterocycles.